The zero-order chi connectivity index (χ0) is 19.2. The zero-order valence-corrected chi connectivity index (χ0v) is 15.2. The number of nitrogens with zero attached hydrogens (tertiary/aromatic N) is 1. The molecule has 2 amide bonds. The highest BCUT2D eigenvalue weighted by Crippen LogP contribution is 2.18. The Morgan fingerprint density at radius 3 is 2.52 bits per heavy atom. The van der Waals surface area contributed by atoms with Gasteiger partial charge in [0.15, 0.2) is 6.61 Å². The van der Waals surface area contributed by atoms with Crippen molar-refractivity contribution in [1.82, 2.24) is 4.90 Å². The van der Waals surface area contributed by atoms with Gasteiger partial charge in [-0.25, -0.2) is 4.79 Å². The molecule has 0 spiro atoms. The minimum atomic E-state index is -0.636. The number of ether oxygens (including phenoxy) is 1. The van der Waals surface area contributed by atoms with Gasteiger partial charge in [-0.15, -0.1) is 0 Å². The second-order valence-corrected chi connectivity index (χ2v) is 6.53. The maximum absolute atomic E-state index is 12.5. The van der Waals surface area contributed by atoms with Crippen molar-refractivity contribution in [2.24, 2.45) is 0 Å². The van der Waals surface area contributed by atoms with Crippen molar-refractivity contribution in [2.45, 2.75) is 19.8 Å². The van der Waals surface area contributed by atoms with Gasteiger partial charge in [0.25, 0.3) is 11.8 Å². The number of nitrogens with one attached hydrogen (secondary N) is 1. The Labute approximate surface area is 158 Å². The summed E-state index contributed by atoms with van der Waals surface area (Å²) >= 11 is 0. The summed E-state index contributed by atoms with van der Waals surface area (Å²) in [5.41, 5.74) is 2.04. The van der Waals surface area contributed by atoms with Crippen LogP contribution in [0.3, 0.4) is 0 Å². The highest BCUT2D eigenvalue weighted by Gasteiger charge is 2.21. The number of para-hydroxylation sites is 1. The van der Waals surface area contributed by atoms with E-state index in [-0.39, 0.29) is 24.0 Å². The predicted molar refractivity (Wildman–Crippen MR) is 102 cm³/mol. The number of esters is 1. The molecule has 2 aromatic carbocycles. The highest BCUT2D eigenvalue weighted by atomic mass is 16.5. The summed E-state index contributed by atoms with van der Waals surface area (Å²) in [5, 5.41) is 2.74. The summed E-state index contributed by atoms with van der Waals surface area (Å²) < 4.78 is 5.17. The molecule has 0 saturated carbocycles. The van der Waals surface area contributed by atoms with Gasteiger partial charge < -0.3 is 15.0 Å². The van der Waals surface area contributed by atoms with Crippen LogP contribution in [0.1, 0.15) is 39.1 Å². The molecule has 1 fully saturated rings. The normalized spacial score (nSPS) is 13.3. The van der Waals surface area contributed by atoms with E-state index >= 15 is 0 Å². The number of hydrogen-bond donors (Lipinski definition) is 1. The number of benzene rings is 2. The number of rotatable bonds is 5. The molecule has 27 heavy (non-hydrogen) atoms. The van der Waals surface area contributed by atoms with Crippen LogP contribution in [0, 0.1) is 6.92 Å². The highest BCUT2D eigenvalue weighted by molar-refractivity contribution is 6.08. The first kappa shape index (κ1) is 18.6. The number of amides is 2. The Morgan fingerprint density at radius 2 is 1.78 bits per heavy atom. The number of carbonyl (C=O) groups is 3. The third-order valence-electron chi connectivity index (χ3n) is 4.46. The second kappa shape index (κ2) is 8.49. The molecule has 0 radical (unpaired) electrons. The molecule has 140 valence electrons. The van der Waals surface area contributed by atoms with Crippen LogP contribution in [0.4, 0.5) is 5.69 Å². The molecule has 1 aliphatic heterocycles. The van der Waals surface area contributed by atoms with Crippen molar-refractivity contribution in [3.05, 3.63) is 65.2 Å². The number of aryl methyl sites for hydroxylation is 1. The lowest BCUT2D eigenvalue weighted by molar-refractivity contribution is -0.133. The smallest absolute Gasteiger partial charge is 0.340 e. The summed E-state index contributed by atoms with van der Waals surface area (Å²) in [6, 6.07) is 13.8. The molecule has 1 aliphatic rings. The van der Waals surface area contributed by atoms with Gasteiger partial charge in [0.05, 0.1) is 11.3 Å². The molecular weight excluding hydrogens is 344 g/mol. The van der Waals surface area contributed by atoms with E-state index in [9.17, 15) is 14.4 Å². The maximum Gasteiger partial charge on any atom is 0.340 e. The van der Waals surface area contributed by atoms with Crippen LogP contribution in [-0.4, -0.2) is 42.4 Å². The Morgan fingerprint density at radius 1 is 1.04 bits per heavy atom. The van der Waals surface area contributed by atoms with E-state index in [1.165, 1.54) is 0 Å². The first-order chi connectivity index (χ1) is 13.0. The fourth-order valence-corrected chi connectivity index (χ4v) is 3.01. The summed E-state index contributed by atoms with van der Waals surface area (Å²) in [6.45, 7) is 3.03. The minimum Gasteiger partial charge on any atom is -0.452 e. The van der Waals surface area contributed by atoms with Gasteiger partial charge in [0, 0.05) is 18.7 Å². The molecule has 0 unspecified atom stereocenters. The van der Waals surface area contributed by atoms with E-state index in [1.807, 2.05) is 13.0 Å². The molecule has 0 aliphatic carbocycles. The number of hydrogen-bond acceptors (Lipinski definition) is 4. The van der Waals surface area contributed by atoms with E-state index in [4.69, 9.17) is 4.74 Å². The molecule has 6 nitrogen and oxygen atoms in total. The van der Waals surface area contributed by atoms with Crippen LogP contribution in [0.5, 0.6) is 0 Å². The van der Waals surface area contributed by atoms with Gasteiger partial charge in [-0.05, 0) is 44.0 Å². The first-order valence-electron chi connectivity index (χ1n) is 8.96. The number of anilines is 1. The van der Waals surface area contributed by atoms with Crippen molar-refractivity contribution in [1.29, 1.82) is 0 Å². The predicted octanol–water partition coefficient (Wildman–Crippen LogP) is 3.03. The molecular formula is C21H22N2O4. The van der Waals surface area contributed by atoms with Crippen LogP contribution in [0.25, 0.3) is 0 Å². The first-order valence-corrected chi connectivity index (χ1v) is 8.96. The molecule has 2 aromatic rings. The van der Waals surface area contributed by atoms with Crippen LogP contribution >= 0.6 is 0 Å². The fourth-order valence-electron chi connectivity index (χ4n) is 3.01. The topological polar surface area (TPSA) is 75.7 Å². The van der Waals surface area contributed by atoms with Gasteiger partial charge in [-0.3, -0.25) is 9.59 Å². The summed E-state index contributed by atoms with van der Waals surface area (Å²) in [6.07, 6.45) is 1.96. The van der Waals surface area contributed by atoms with E-state index in [0.717, 1.165) is 18.4 Å². The number of carbonyl (C=O) groups excluding carboxylic acids is 3. The Hall–Kier alpha value is -3.15. The molecule has 6 heteroatoms. The maximum atomic E-state index is 12.5. The van der Waals surface area contributed by atoms with Crippen LogP contribution < -0.4 is 5.32 Å². The quantitative estimate of drug-likeness (QED) is 0.826. The molecule has 0 bridgehead atoms. The van der Waals surface area contributed by atoms with E-state index < -0.39 is 5.97 Å². The average molecular weight is 366 g/mol. The Bertz CT molecular complexity index is 857. The third kappa shape index (κ3) is 4.73. The lowest BCUT2D eigenvalue weighted by Crippen LogP contribution is -2.32. The van der Waals surface area contributed by atoms with Crippen molar-refractivity contribution in [3.63, 3.8) is 0 Å². The Kier molecular flexibility index (Phi) is 5.86. The number of likely N-dealkylation sites (tertiary alicyclic amines) is 1. The summed E-state index contributed by atoms with van der Waals surface area (Å²) in [5.74, 6) is -1.14. The van der Waals surface area contributed by atoms with Crippen molar-refractivity contribution in [3.8, 4) is 0 Å². The lowest BCUT2D eigenvalue weighted by Gasteiger charge is -2.15. The SMILES string of the molecule is Cc1cccc(C(=O)Nc2ccccc2C(=O)OCC(=O)N2CCCC2)c1. The Balaban J connectivity index is 1.66. The molecule has 1 N–H and O–H groups in total. The van der Waals surface area contributed by atoms with E-state index in [1.54, 1.807) is 47.4 Å². The summed E-state index contributed by atoms with van der Waals surface area (Å²) in [7, 11) is 0. The molecule has 1 saturated heterocycles. The van der Waals surface area contributed by atoms with E-state index in [2.05, 4.69) is 5.32 Å². The van der Waals surface area contributed by atoms with Crippen molar-refractivity contribution < 1.29 is 19.1 Å². The monoisotopic (exact) mass is 366 g/mol. The fraction of sp³-hybridized carbons (Fsp3) is 0.286. The van der Waals surface area contributed by atoms with Gasteiger partial charge in [0.1, 0.15) is 0 Å². The second-order valence-electron chi connectivity index (χ2n) is 6.53. The average Bonchev–Trinajstić information content (AvgIpc) is 3.21. The molecule has 3 rings (SSSR count). The van der Waals surface area contributed by atoms with Crippen molar-refractivity contribution >= 4 is 23.5 Å². The summed E-state index contributed by atoms with van der Waals surface area (Å²) in [4.78, 5) is 38.6. The van der Waals surface area contributed by atoms with Gasteiger partial charge in [0.2, 0.25) is 0 Å². The standard InChI is InChI=1S/C21H22N2O4/c1-15-7-6-8-16(13-15)20(25)22-18-10-3-2-9-17(18)21(26)27-14-19(24)23-11-4-5-12-23/h2-3,6-10,13H,4-5,11-12,14H2,1H3,(H,22,25). The van der Waals surface area contributed by atoms with Crippen molar-refractivity contribution in [2.75, 3.05) is 25.0 Å². The minimum absolute atomic E-state index is 0.192. The van der Waals surface area contributed by atoms with Crippen LogP contribution in [-0.2, 0) is 9.53 Å². The van der Waals surface area contributed by atoms with E-state index in [0.29, 0.717) is 24.3 Å². The van der Waals surface area contributed by atoms with Crippen LogP contribution in [0.2, 0.25) is 0 Å². The van der Waals surface area contributed by atoms with Gasteiger partial charge in [-0.1, -0.05) is 29.8 Å². The third-order valence-corrected chi connectivity index (χ3v) is 4.46. The van der Waals surface area contributed by atoms with Gasteiger partial charge >= 0.3 is 5.97 Å². The molecule has 0 atom stereocenters. The molecule has 0 aromatic heterocycles. The largest absolute Gasteiger partial charge is 0.452 e. The lowest BCUT2D eigenvalue weighted by atomic mass is 10.1. The molecule has 1 heterocycles. The van der Waals surface area contributed by atoms with Gasteiger partial charge in [-0.2, -0.15) is 0 Å². The zero-order valence-electron chi connectivity index (χ0n) is 15.2. The van der Waals surface area contributed by atoms with Crippen LogP contribution in [0.15, 0.2) is 48.5 Å².